The zero-order valence-electron chi connectivity index (χ0n) is 11.3. The quantitative estimate of drug-likeness (QED) is 0.530. The van der Waals surface area contributed by atoms with Crippen molar-refractivity contribution >= 4 is 17.3 Å². The van der Waals surface area contributed by atoms with Gasteiger partial charge in [0, 0.05) is 21.1 Å². The van der Waals surface area contributed by atoms with Crippen LogP contribution in [0.2, 0.25) is 0 Å². The second-order valence-corrected chi connectivity index (χ2v) is 4.26. The number of hydrogen-bond donors (Lipinski definition) is 0. The van der Waals surface area contributed by atoms with E-state index in [1.165, 1.54) is 36.9 Å². The van der Waals surface area contributed by atoms with Gasteiger partial charge < -0.3 is 4.74 Å². The molecule has 0 fully saturated rings. The normalized spacial score (nSPS) is 16.1. The number of anilines is 1. The molecule has 1 aliphatic heterocycles. The molecule has 0 N–H and O–H groups in total. The van der Waals surface area contributed by atoms with Crippen molar-refractivity contribution in [3.05, 3.63) is 32.7 Å². The Kier molecular flexibility index (Phi) is 3.05. The first kappa shape index (κ1) is 13.1. The van der Waals surface area contributed by atoms with Crippen LogP contribution >= 0.6 is 0 Å². The summed E-state index contributed by atoms with van der Waals surface area (Å²) < 4.78 is 7.37. The third kappa shape index (κ3) is 1.69. The first-order valence-electron chi connectivity index (χ1n) is 5.82. The first-order valence-corrected chi connectivity index (χ1v) is 5.82. The summed E-state index contributed by atoms with van der Waals surface area (Å²) in [4.78, 5) is 37.4. The highest BCUT2D eigenvalue weighted by atomic mass is 16.5. The van der Waals surface area contributed by atoms with Crippen molar-refractivity contribution in [1.82, 2.24) is 9.13 Å². The number of amides is 1. The SMILES string of the molecule is CCO/C=C1\C(=O)N(C)c2c1c(=O)n(C)c(=O)n2C. The molecule has 19 heavy (non-hydrogen) atoms. The van der Waals surface area contributed by atoms with Crippen molar-refractivity contribution in [3.8, 4) is 0 Å². The van der Waals surface area contributed by atoms with Gasteiger partial charge in [0.25, 0.3) is 11.5 Å². The summed E-state index contributed by atoms with van der Waals surface area (Å²) in [7, 11) is 4.42. The van der Waals surface area contributed by atoms with E-state index in [0.717, 1.165) is 4.57 Å². The summed E-state index contributed by atoms with van der Waals surface area (Å²) in [5, 5.41) is 0. The fourth-order valence-corrected chi connectivity index (χ4v) is 2.12. The van der Waals surface area contributed by atoms with Gasteiger partial charge in [-0.25, -0.2) is 4.79 Å². The van der Waals surface area contributed by atoms with Crippen LogP contribution in [0.25, 0.3) is 5.57 Å². The Bertz CT molecular complexity index is 696. The molecule has 7 nitrogen and oxygen atoms in total. The number of fused-ring (bicyclic) bond motifs is 1. The molecular formula is C12H15N3O4. The smallest absolute Gasteiger partial charge is 0.332 e. The van der Waals surface area contributed by atoms with E-state index in [4.69, 9.17) is 4.74 Å². The molecule has 0 spiro atoms. The molecule has 0 unspecified atom stereocenters. The maximum Gasteiger partial charge on any atom is 0.332 e. The molecule has 1 aliphatic rings. The molecule has 1 aromatic rings. The van der Waals surface area contributed by atoms with Gasteiger partial charge in [-0.15, -0.1) is 0 Å². The summed E-state index contributed by atoms with van der Waals surface area (Å²) in [5.41, 5.74) is -0.594. The molecule has 1 amide bonds. The monoisotopic (exact) mass is 265 g/mol. The average molecular weight is 265 g/mol. The topological polar surface area (TPSA) is 73.5 Å². The van der Waals surface area contributed by atoms with Crippen molar-refractivity contribution in [2.75, 3.05) is 18.6 Å². The van der Waals surface area contributed by atoms with Crippen molar-refractivity contribution in [2.45, 2.75) is 6.92 Å². The Morgan fingerprint density at radius 1 is 1.11 bits per heavy atom. The van der Waals surface area contributed by atoms with E-state index in [2.05, 4.69) is 0 Å². The Balaban J connectivity index is 2.85. The average Bonchev–Trinajstić information content (AvgIpc) is 2.64. The molecule has 0 atom stereocenters. The zero-order valence-corrected chi connectivity index (χ0v) is 11.3. The van der Waals surface area contributed by atoms with Gasteiger partial charge in [0.15, 0.2) is 0 Å². The Labute approximate surface area is 109 Å². The minimum absolute atomic E-state index is 0.176. The van der Waals surface area contributed by atoms with Crippen LogP contribution in [0.15, 0.2) is 15.9 Å². The Morgan fingerprint density at radius 3 is 2.32 bits per heavy atom. The van der Waals surface area contributed by atoms with Gasteiger partial charge >= 0.3 is 5.69 Å². The van der Waals surface area contributed by atoms with E-state index in [-0.39, 0.29) is 17.0 Å². The minimum atomic E-state index is -0.498. The number of hydrogen-bond acceptors (Lipinski definition) is 4. The fraction of sp³-hybridized carbons (Fsp3) is 0.417. The van der Waals surface area contributed by atoms with Crippen LogP contribution in [0.5, 0.6) is 0 Å². The van der Waals surface area contributed by atoms with Crippen LogP contribution < -0.4 is 16.1 Å². The lowest BCUT2D eigenvalue weighted by Gasteiger charge is -2.13. The van der Waals surface area contributed by atoms with E-state index in [1.54, 1.807) is 6.92 Å². The zero-order chi connectivity index (χ0) is 14.3. The Morgan fingerprint density at radius 2 is 1.74 bits per heavy atom. The third-order valence-electron chi connectivity index (χ3n) is 3.12. The maximum absolute atomic E-state index is 12.2. The summed E-state index contributed by atoms with van der Waals surface area (Å²) >= 11 is 0. The Hall–Kier alpha value is -2.31. The second kappa shape index (κ2) is 4.42. The lowest BCUT2D eigenvalue weighted by atomic mass is 10.2. The van der Waals surface area contributed by atoms with Gasteiger partial charge in [-0.3, -0.25) is 23.6 Å². The highest BCUT2D eigenvalue weighted by Crippen LogP contribution is 2.31. The lowest BCUT2D eigenvalue weighted by molar-refractivity contribution is -0.112. The van der Waals surface area contributed by atoms with Gasteiger partial charge in [0.1, 0.15) is 5.82 Å². The molecule has 0 radical (unpaired) electrons. The van der Waals surface area contributed by atoms with Crippen molar-refractivity contribution in [1.29, 1.82) is 0 Å². The van der Waals surface area contributed by atoms with Crippen molar-refractivity contribution < 1.29 is 9.53 Å². The third-order valence-corrected chi connectivity index (χ3v) is 3.12. The number of nitrogens with zero attached hydrogens (tertiary/aromatic N) is 3. The van der Waals surface area contributed by atoms with E-state index in [9.17, 15) is 14.4 Å². The summed E-state index contributed by atoms with van der Waals surface area (Å²) in [6, 6.07) is 0. The molecule has 2 rings (SSSR count). The molecule has 0 aliphatic carbocycles. The minimum Gasteiger partial charge on any atom is -0.501 e. The molecule has 2 heterocycles. The molecule has 0 saturated carbocycles. The van der Waals surface area contributed by atoms with Crippen LogP contribution in [-0.4, -0.2) is 28.7 Å². The number of ether oxygens (including phenoxy) is 1. The number of likely N-dealkylation sites (N-methyl/N-ethyl adjacent to an activating group) is 1. The van der Waals surface area contributed by atoms with Crippen molar-refractivity contribution in [3.63, 3.8) is 0 Å². The number of aromatic nitrogens is 2. The number of carbonyl (C=O) groups excluding carboxylic acids is 1. The molecule has 0 bridgehead atoms. The predicted octanol–water partition coefficient (Wildman–Crippen LogP) is -0.562. The number of rotatable bonds is 2. The second-order valence-electron chi connectivity index (χ2n) is 4.26. The summed E-state index contributed by atoms with van der Waals surface area (Å²) in [5.74, 6) is -0.0641. The molecule has 0 aromatic carbocycles. The summed E-state index contributed by atoms with van der Waals surface area (Å²) in [6.45, 7) is 2.17. The van der Waals surface area contributed by atoms with E-state index < -0.39 is 11.2 Å². The lowest BCUT2D eigenvalue weighted by Crippen LogP contribution is -2.39. The molecule has 102 valence electrons. The highest BCUT2D eigenvalue weighted by molar-refractivity contribution is 6.31. The largest absolute Gasteiger partial charge is 0.501 e. The molecule has 7 heteroatoms. The fourth-order valence-electron chi connectivity index (χ4n) is 2.12. The molecule has 1 aromatic heterocycles. The van der Waals surface area contributed by atoms with Crippen LogP contribution in [0.3, 0.4) is 0 Å². The number of carbonyl (C=O) groups is 1. The van der Waals surface area contributed by atoms with Gasteiger partial charge in [-0.2, -0.15) is 0 Å². The van der Waals surface area contributed by atoms with Gasteiger partial charge in [-0.05, 0) is 6.92 Å². The predicted molar refractivity (Wildman–Crippen MR) is 69.9 cm³/mol. The van der Waals surface area contributed by atoms with Crippen molar-refractivity contribution in [2.24, 2.45) is 14.1 Å². The van der Waals surface area contributed by atoms with Gasteiger partial charge in [-0.1, -0.05) is 0 Å². The molecular weight excluding hydrogens is 250 g/mol. The van der Waals surface area contributed by atoms with E-state index >= 15 is 0 Å². The standard InChI is InChI=1S/C12H15N3O4/c1-5-19-6-7-8-9(13(2)10(7)16)14(3)12(18)15(4)11(8)17/h6H,5H2,1-4H3/b7-6-. The highest BCUT2D eigenvalue weighted by Gasteiger charge is 2.36. The van der Waals surface area contributed by atoms with Crippen LogP contribution in [0, 0.1) is 0 Å². The van der Waals surface area contributed by atoms with Gasteiger partial charge in [0.2, 0.25) is 0 Å². The van der Waals surface area contributed by atoms with E-state index in [1.807, 2.05) is 0 Å². The van der Waals surface area contributed by atoms with Crippen LogP contribution in [-0.2, 0) is 23.6 Å². The summed E-state index contributed by atoms with van der Waals surface area (Å²) in [6.07, 6.45) is 1.27. The molecule has 0 saturated heterocycles. The maximum atomic E-state index is 12.2. The first-order chi connectivity index (χ1) is 8.91. The van der Waals surface area contributed by atoms with Crippen LogP contribution in [0.4, 0.5) is 5.82 Å². The van der Waals surface area contributed by atoms with Crippen LogP contribution in [0.1, 0.15) is 12.5 Å². The van der Waals surface area contributed by atoms with Gasteiger partial charge in [0.05, 0.1) is 24.0 Å². The van der Waals surface area contributed by atoms with E-state index in [0.29, 0.717) is 12.4 Å².